The fourth-order valence-corrected chi connectivity index (χ4v) is 3.04. The quantitative estimate of drug-likeness (QED) is 0.875. The van der Waals surface area contributed by atoms with E-state index in [2.05, 4.69) is 36.3 Å². The lowest BCUT2D eigenvalue weighted by Gasteiger charge is -2.08. The molecule has 1 amide bonds. The molecule has 0 radical (unpaired) electrons. The van der Waals surface area contributed by atoms with Crippen molar-refractivity contribution in [1.82, 2.24) is 10.3 Å². The summed E-state index contributed by atoms with van der Waals surface area (Å²) in [6.45, 7) is 6.30. The fourth-order valence-electron chi connectivity index (χ4n) is 2.14. The Bertz CT molecular complexity index is 705. The van der Waals surface area contributed by atoms with Crippen molar-refractivity contribution in [2.24, 2.45) is 0 Å². The zero-order valence-electron chi connectivity index (χ0n) is 13.4. The molecule has 0 fully saturated rings. The summed E-state index contributed by atoms with van der Waals surface area (Å²) in [5.74, 6) is -0.960. The van der Waals surface area contributed by atoms with Crippen LogP contribution in [0.3, 0.4) is 0 Å². The highest BCUT2D eigenvalue weighted by molar-refractivity contribution is 7.13. The van der Waals surface area contributed by atoms with Gasteiger partial charge in [0.1, 0.15) is 5.01 Å². The molecule has 1 heterocycles. The molecule has 1 aromatic carbocycles. The van der Waals surface area contributed by atoms with Crippen molar-refractivity contribution in [3.05, 3.63) is 51.0 Å². The van der Waals surface area contributed by atoms with E-state index >= 15 is 0 Å². The topological polar surface area (TPSA) is 82.1 Å². The summed E-state index contributed by atoms with van der Waals surface area (Å²) in [6, 6.07) is 8.11. The predicted molar refractivity (Wildman–Crippen MR) is 87.3 cm³/mol. The van der Waals surface area contributed by atoms with Gasteiger partial charge in [0.15, 0.2) is 0 Å². The maximum Gasteiger partial charge on any atom is 0.227 e. The van der Waals surface area contributed by atoms with Gasteiger partial charge in [-0.1, -0.05) is 38.1 Å². The standard InChI is InChI=1S/C17H20N2O3S/c1-10(2)13-6-4-12(5-7-13)9-18-14(20)8-15-19-11(3)16(23-15)17(21)22/h4-7,10H,8-9H2,1-3H3,(H,18,20)(H,21,22)/p-1. The largest absolute Gasteiger partial charge is 0.544 e. The molecule has 23 heavy (non-hydrogen) atoms. The van der Waals surface area contributed by atoms with Crippen LogP contribution >= 0.6 is 11.3 Å². The van der Waals surface area contributed by atoms with E-state index in [1.54, 1.807) is 6.92 Å². The van der Waals surface area contributed by atoms with Gasteiger partial charge in [0.25, 0.3) is 0 Å². The smallest absolute Gasteiger partial charge is 0.227 e. The molecular formula is C17H19N2O3S-. The lowest BCUT2D eigenvalue weighted by molar-refractivity contribution is -0.254. The number of carbonyl (C=O) groups excluding carboxylic acids is 2. The van der Waals surface area contributed by atoms with Crippen molar-refractivity contribution in [2.45, 2.75) is 39.7 Å². The molecule has 5 nitrogen and oxygen atoms in total. The van der Waals surface area contributed by atoms with Crippen LogP contribution in [-0.2, 0) is 17.8 Å². The maximum atomic E-state index is 11.9. The van der Waals surface area contributed by atoms with Crippen LogP contribution in [0.25, 0.3) is 0 Å². The number of carboxylic acid groups (broad SMARTS) is 1. The number of benzene rings is 1. The Balaban J connectivity index is 1.90. The summed E-state index contributed by atoms with van der Waals surface area (Å²) in [7, 11) is 0. The highest BCUT2D eigenvalue weighted by atomic mass is 32.1. The van der Waals surface area contributed by atoms with Crippen molar-refractivity contribution < 1.29 is 14.7 Å². The second-order valence-electron chi connectivity index (χ2n) is 5.66. The van der Waals surface area contributed by atoms with Crippen molar-refractivity contribution in [3.8, 4) is 0 Å². The van der Waals surface area contributed by atoms with Crippen LogP contribution in [0.1, 0.15) is 51.3 Å². The average Bonchev–Trinajstić information content (AvgIpc) is 2.86. The Labute approximate surface area is 139 Å². The number of aromatic carboxylic acids is 1. The predicted octanol–water partition coefficient (Wildman–Crippen LogP) is 1.80. The van der Waals surface area contributed by atoms with Gasteiger partial charge >= 0.3 is 0 Å². The number of nitrogens with zero attached hydrogens (tertiary/aromatic N) is 1. The van der Waals surface area contributed by atoms with E-state index in [0.29, 0.717) is 23.2 Å². The minimum absolute atomic E-state index is 0.0723. The Hall–Kier alpha value is -2.21. The van der Waals surface area contributed by atoms with Gasteiger partial charge in [0.05, 0.1) is 23.0 Å². The van der Waals surface area contributed by atoms with Crippen LogP contribution in [-0.4, -0.2) is 16.9 Å². The highest BCUT2D eigenvalue weighted by Gasteiger charge is 2.12. The summed E-state index contributed by atoms with van der Waals surface area (Å²) in [6.07, 6.45) is 0.0723. The minimum atomic E-state index is -1.25. The molecular weight excluding hydrogens is 312 g/mol. The number of nitrogens with one attached hydrogen (secondary N) is 1. The van der Waals surface area contributed by atoms with Gasteiger partial charge in [-0.05, 0) is 24.0 Å². The summed E-state index contributed by atoms with van der Waals surface area (Å²) in [4.78, 5) is 27.0. The van der Waals surface area contributed by atoms with Crippen LogP contribution < -0.4 is 10.4 Å². The SMILES string of the molecule is Cc1nc(CC(=O)NCc2ccc(C(C)C)cc2)sc1C(=O)[O-]. The van der Waals surface area contributed by atoms with E-state index < -0.39 is 5.97 Å². The molecule has 2 aromatic rings. The van der Waals surface area contributed by atoms with E-state index in [4.69, 9.17) is 0 Å². The van der Waals surface area contributed by atoms with Gasteiger partial charge in [0.2, 0.25) is 5.91 Å². The maximum absolute atomic E-state index is 11.9. The number of aromatic nitrogens is 1. The molecule has 0 unspecified atom stereocenters. The van der Waals surface area contributed by atoms with Gasteiger partial charge in [-0.15, -0.1) is 11.3 Å². The van der Waals surface area contributed by atoms with Crippen LogP contribution in [0, 0.1) is 6.92 Å². The molecule has 0 aliphatic heterocycles. The van der Waals surface area contributed by atoms with Gasteiger partial charge < -0.3 is 15.2 Å². The summed E-state index contributed by atoms with van der Waals surface area (Å²) in [5, 5.41) is 14.2. The molecule has 1 aromatic heterocycles. The highest BCUT2D eigenvalue weighted by Crippen LogP contribution is 2.18. The van der Waals surface area contributed by atoms with E-state index in [1.807, 2.05) is 12.1 Å². The summed E-state index contributed by atoms with van der Waals surface area (Å²) < 4.78 is 0. The second kappa shape index (κ2) is 7.37. The van der Waals surface area contributed by atoms with Gasteiger partial charge in [-0.25, -0.2) is 4.98 Å². The van der Waals surface area contributed by atoms with Crippen LogP contribution in [0.5, 0.6) is 0 Å². The van der Waals surface area contributed by atoms with Crippen molar-refractivity contribution >= 4 is 23.2 Å². The fraction of sp³-hybridized carbons (Fsp3) is 0.353. The Morgan fingerprint density at radius 3 is 2.43 bits per heavy atom. The van der Waals surface area contributed by atoms with Crippen molar-refractivity contribution in [3.63, 3.8) is 0 Å². The number of rotatable bonds is 6. The molecule has 1 N–H and O–H groups in total. The number of aryl methyl sites for hydroxylation is 1. The van der Waals surface area contributed by atoms with Gasteiger partial charge in [-0.3, -0.25) is 4.79 Å². The molecule has 0 saturated carbocycles. The Kier molecular flexibility index (Phi) is 5.50. The van der Waals surface area contributed by atoms with Gasteiger partial charge in [0, 0.05) is 6.54 Å². The molecule has 0 aliphatic rings. The van der Waals surface area contributed by atoms with E-state index in [9.17, 15) is 14.7 Å². The lowest BCUT2D eigenvalue weighted by atomic mass is 10.0. The molecule has 122 valence electrons. The summed E-state index contributed by atoms with van der Waals surface area (Å²) in [5.41, 5.74) is 2.67. The zero-order valence-corrected chi connectivity index (χ0v) is 14.2. The zero-order chi connectivity index (χ0) is 17.0. The second-order valence-corrected chi connectivity index (χ2v) is 6.74. The first-order chi connectivity index (χ1) is 10.9. The molecule has 0 aliphatic carbocycles. The Morgan fingerprint density at radius 2 is 1.91 bits per heavy atom. The number of carboxylic acids is 1. The van der Waals surface area contributed by atoms with Crippen LogP contribution in [0.15, 0.2) is 24.3 Å². The van der Waals surface area contributed by atoms with Crippen LogP contribution in [0.4, 0.5) is 0 Å². The third-order valence-electron chi connectivity index (χ3n) is 3.47. The van der Waals surface area contributed by atoms with Gasteiger partial charge in [-0.2, -0.15) is 0 Å². The number of hydrogen-bond donors (Lipinski definition) is 1. The molecule has 2 rings (SSSR count). The number of amides is 1. The van der Waals surface area contributed by atoms with Crippen molar-refractivity contribution in [1.29, 1.82) is 0 Å². The minimum Gasteiger partial charge on any atom is -0.544 e. The third-order valence-corrected chi connectivity index (χ3v) is 4.61. The van der Waals surface area contributed by atoms with Crippen LogP contribution in [0.2, 0.25) is 0 Å². The monoisotopic (exact) mass is 331 g/mol. The first-order valence-corrected chi connectivity index (χ1v) is 8.21. The molecule has 0 atom stereocenters. The third kappa shape index (κ3) is 4.63. The van der Waals surface area contributed by atoms with E-state index in [0.717, 1.165) is 16.9 Å². The molecule has 6 heteroatoms. The van der Waals surface area contributed by atoms with Crippen molar-refractivity contribution in [2.75, 3.05) is 0 Å². The molecule has 0 spiro atoms. The lowest BCUT2D eigenvalue weighted by Crippen LogP contribution is -2.24. The average molecular weight is 331 g/mol. The Morgan fingerprint density at radius 1 is 1.26 bits per heavy atom. The number of carbonyl (C=O) groups is 2. The van der Waals surface area contributed by atoms with E-state index in [1.165, 1.54) is 5.56 Å². The number of hydrogen-bond acceptors (Lipinski definition) is 5. The first kappa shape index (κ1) is 17.1. The first-order valence-electron chi connectivity index (χ1n) is 7.40. The molecule has 0 bridgehead atoms. The van der Waals surface area contributed by atoms with E-state index in [-0.39, 0.29) is 17.2 Å². The molecule has 0 saturated heterocycles. The number of thiazole rings is 1. The normalized spacial score (nSPS) is 10.8. The summed E-state index contributed by atoms with van der Waals surface area (Å²) >= 11 is 0.989.